The Labute approximate surface area is 207 Å². The second-order valence-electron chi connectivity index (χ2n) is 9.70. The molecule has 2 aromatic heterocycles. The van der Waals surface area contributed by atoms with Gasteiger partial charge < -0.3 is 9.64 Å². The molecule has 0 amide bonds. The molecule has 5 heteroatoms. The fourth-order valence-corrected chi connectivity index (χ4v) is 5.15. The van der Waals surface area contributed by atoms with E-state index in [1.165, 1.54) is 5.56 Å². The van der Waals surface area contributed by atoms with E-state index in [2.05, 4.69) is 69.0 Å². The monoisotopic (exact) mass is 462 g/mol. The highest BCUT2D eigenvalue weighted by Gasteiger charge is 2.23. The number of nitriles is 1. The van der Waals surface area contributed by atoms with Gasteiger partial charge in [-0.15, -0.1) is 0 Å². The van der Waals surface area contributed by atoms with Crippen molar-refractivity contribution >= 4 is 16.7 Å². The average molecular weight is 463 g/mol. The van der Waals surface area contributed by atoms with Crippen LogP contribution in [0.2, 0.25) is 0 Å². The molecule has 0 saturated carbocycles. The van der Waals surface area contributed by atoms with Gasteiger partial charge in [-0.2, -0.15) is 5.26 Å². The Morgan fingerprint density at radius 2 is 1.60 bits per heavy atom. The molecule has 0 unspecified atom stereocenters. The SMILES string of the molecule is CC(C)c1c(-c2ccc(N3C[C@@H](C)O[C@@H](C)C3)nc2)cnc2c(-c3ccc(C#N)cc3)cccc12. The summed E-state index contributed by atoms with van der Waals surface area (Å²) in [5.74, 6) is 1.30. The van der Waals surface area contributed by atoms with Gasteiger partial charge in [0.15, 0.2) is 0 Å². The summed E-state index contributed by atoms with van der Waals surface area (Å²) in [6.45, 7) is 10.4. The Morgan fingerprint density at radius 3 is 2.23 bits per heavy atom. The molecule has 0 radical (unpaired) electrons. The van der Waals surface area contributed by atoms with Crippen molar-refractivity contribution in [1.29, 1.82) is 5.26 Å². The molecule has 2 aromatic carbocycles. The van der Waals surface area contributed by atoms with E-state index in [-0.39, 0.29) is 12.2 Å². The Hall–Kier alpha value is -3.75. The largest absolute Gasteiger partial charge is 0.372 e. The Balaban J connectivity index is 1.56. The first-order valence-electron chi connectivity index (χ1n) is 12.2. The maximum absolute atomic E-state index is 9.15. The van der Waals surface area contributed by atoms with Crippen molar-refractivity contribution in [2.45, 2.75) is 45.8 Å². The lowest BCUT2D eigenvalue weighted by Gasteiger charge is -2.36. The lowest BCUT2D eigenvalue weighted by Crippen LogP contribution is -2.45. The first-order chi connectivity index (χ1) is 16.9. The number of hydrogen-bond acceptors (Lipinski definition) is 5. The molecule has 2 atom stereocenters. The fourth-order valence-electron chi connectivity index (χ4n) is 5.15. The van der Waals surface area contributed by atoms with Gasteiger partial charge in [-0.1, -0.05) is 44.2 Å². The summed E-state index contributed by atoms with van der Waals surface area (Å²) in [6, 6.07) is 20.5. The molecule has 4 aromatic rings. The smallest absolute Gasteiger partial charge is 0.128 e. The minimum absolute atomic E-state index is 0.197. The predicted molar refractivity (Wildman–Crippen MR) is 141 cm³/mol. The molecule has 0 aliphatic carbocycles. The first-order valence-corrected chi connectivity index (χ1v) is 12.2. The summed E-state index contributed by atoms with van der Waals surface area (Å²) < 4.78 is 5.88. The van der Waals surface area contributed by atoms with E-state index in [1.807, 2.05) is 36.7 Å². The molecule has 0 spiro atoms. The third-order valence-corrected chi connectivity index (χ3v) is 6.64. The minimum atomic E-state index is 0.197. The molecule has 0 bridgehead atoms. The molecular weight excluding hydrogens is 432 g/mol. The van der Waals surface area contributed by atoms with E-state index in [9.17, 15) is 0 Å². The standard InChI is InChI=1S/C30H30N4O/c1-19(2)29-26-7-5-6-25(23-10-8-22(14-31)9-11-23)30(26)33-16-27(29)24-12-13-28(32-15-24)34-17-20(3)35-21(4)18-34/h5-13,15-16,19-21H,17-18H2,1-4H3/t20-,21+. The molecule has 5 rings (SSSR count). The summed E-state index contributed by atoms with van der Waals surface area (Å²) in [6.07, 6.45) is 4.35. The second kappa shape index (κ2) is 9.48. The Morgan fingerprint density at radius 1 is 0.886 bits per heavy atom. The van der Waals surface area contributed by atoms with Crippen LogP contribution in [0.3, 0.4) is 0 Å². The number of aromatic nitrogens is 2. The number of fused-ring (bicyclic) bond motifs is 1. The van der Waals surface area contributed by atoms with Crippen molar-refractivity contribution < 1.29 is 4.74 Å². The molecule has 1 saturated heterocycles. The van der Waals surface area contributed by atoms with Crippen molar-refractivity contribution in [3.05, 3.63) is 78.1 Å². The quantitative estimate of drug-likeness (QED) is 0.343. The van der Waals surface area contributed by atoms with Crippen LogP contribution < -0.4 is 4.90 Å². The third-order valence-electron chi connectivity index (χ3n) is 6.64. The molecule has 5 nitrogen and oxygen atoms in total. The van der Waals surface area contributed by atoms with Crippen LogP contribution in [-0.2, 0) is 4.74 Å². The first kappa shape index (κ1) is 23.0. The van der Waals surface area contributed by atoms with E-state index in [4.69, 9.17) is 20.0 Å². The number of anilines is 1. The summed E-state index contributed by atoms with van der Waals surface area (Å²) in [7, 11) is 0. The van der Waals surface area contributed by atoms with Gasteiger partial charge in [-0.3, -0.25) is 4.98 Å². The van der Waals surface area contributed by atoms with Gasteiger partial charge in [0.2, 0.25) is 0 Å². The van der Waals surface area contributed by atoms with Crippen molar-refractivity contribution in [2.75, 3.05) is 18.0 Å². The zero-order valence-corrected chi connectivity index (χ0v) is 20.7. The van der Waals surface area contributed by atoms with Crippen LogP contribution in [0, 0.1) is 11.3 Å². The Bertz CT molecular complexity index is 1380. The molecule has 3 heterocycles. The van der Waals surface area contributed by atoms with Gasteiger partial charge in [0.05, 0.1) is 29.4 Å². The minimum Gasteiger partial charge on any atom is -0.372 e. The van der Waals surface area contributed by atoms with Crippen LogP contribution in [0.4, 0.5) is 5.82 Å². The molecule has 35 heavy (non-hydrogen) atoms. The normalized spacial score (nSPS) is 18.1. The maximum atomic E-state index is 9.15. The Kier molecular flexibility index (Phi) is 6.23. The van der Waals surface area contributed by atoms with Crippen LogP contribution in [0.1, 0.15) is 44.7 Å². The summed E-state index contributed by atoms with van der Waals surface area (Å²) in [5, 5.41) is 10.3. The van der Waals surface area contributed by atoms with Crippen LogP contribution >= 0.6 is 0 Å². The van der Waals surface area contributed by atoms with Gasteiger partial charge in [-0.25, -0.2) is 4.98 Å². The number of rotatable bonds is 4. The van der Waals surface area contributed by atoms with E-state index in [1.54, 1.807) is 0 Å². The highest BCUT2D eigenvalue weighted by atomic mass is 16.5. The zero-order chi connectivity index (χ0) is 24.5. The van der Waals surface area contributed by atoms with Crippen LogP contribution in [0.15, 0.2) is 67.0 Å². The number of hydrogen-bond donors (Lipinski definition) is 0. The van der Waals surface area contributed by atoms with E-state index < -0.39 is 0 Å². The highest BCUT2D eigenvalue weighted by molar-refractivity contribution is 5.98. The molecule has 1 fully saturated rings. The van der Waals surface area contributed by atoms with Crippen molar-refractivity contribution in [2.24, 2.45) is 0 Å². The van der Waals surface area contributed by atoms with Gasteiger partial charge in [0, 0.05) is 47.6 Å². The van der Waals surface area contributed by atoms with Crippen molar-refractivity contribution in [3.8, 4) is 28.3 Å². The topological polar surface area (TPSA) is 62.0 Å². The molecule has 1 aliphatic heterocycles. The lowest BCUT2D eigenvalue weighted by atomic mass is 9.89. The predicted octanol–water partition coefficient (Wildman–Crippen LogP) is 6.57. The third kappa shape index (κ3) is 4.50. The van der Waals surface area contributed by atoms with Gasteiger partial charge in [0.25, 0.3) is 0 Å². The van der Waals surface area contributed by atoms with Crippen molar-refractivity contribution in [1.82, 2.24) is 9.97 Å². The molecule has 176 valence electrons. The number of morpholine rings is 1. The number of ether oxygens (including phenoxy) is 1. The van der Waals surface area contributed by atoms with Crippen LogP contribution in [0.5, 0.6) is 0 Å². The van der Waals surface area contributed by atoms with Gasteiger partial charge >= 0.3 is 0 Å². The number of para-hydroxylation sites is 1. The van der Waals surface area contributed by atoms with E-state index in [0.29, 0.717) is 11.5 Å². The number of pyridine rings is 2. The highest BCUT2D eigenvalue weighted by Crippen LogP contribution is 2.37. The van der Waals surface area contributed by atoms with Crippen molar-refractivity contribution in [3.63, 3.8) is 0 Å². The maximum Gasteiger partial charge on any atom is 0.128 e. The van der Waals surface area contributed by atoms with Crippen LogP contribution in [0.25, 0.3) is 33.2 Å². The zero-order valence-electron chi connectivity index (χ0n) is 20.7. The summed E-state index contributed by atoms with van der Waals surface area (Å²) in [5.41, 5.74) is 7.23. The van der Waals surface area contributed by atoms with Crippen LogP contribution in [-0.4, -0.2) is 35.3 Å². The fraction of sp³-hybridized carbons (Fsp3) is 0.300. The summed E-state index contributed by atoms with van der Waals surface area (Å²) >= 11 is 0. The molecule has 0 N–H and O–H groups in total. The number of benzene rings is 2. The summed E-state index contributed by atoms with van der Waals surface area (Å²) in [4.78, 5) is 12.1. The van der Waals surface area contributed by atoms with Gasteiger partial charge in [0.1, 0.15) is 5.82 Å². The van der Waals surface area contributed by atoms with E-state index >= 15 is 0 Å². The lowest BCUT2D eigenvalue weighted by molar-refractivity contribution is -0.00545. The average Bonchev–Trinajstić information content (AvgIpc) is 2.87. The second-order valence-corrected chi connectivity index (χ2v) is 9.70. The molecular formula is C30H30N4O. The van der Waals surface area contributed by atoms with E-state index in [0.717, 1.165) is 52.1 Å². The van der Waals surface area contributed by atoms with Gasteiger partial charge in [-0.05, 0) is 55.2 Å². The molecule has 1 aliphatic rings. The number of nitrogens with zero attached hydrogens (tertiary/aromatic N) is 4.